The van der Waals surface area contributed by atoms with Gasteiger partial charge in [-0.2, -0.15) is 0 Å². The van der Waals surface area contributed by atoms with E-state index in [1.54, 1.807) is 0 Å². The minimum atomic E-state index is -0.0898. The first-order chi connectivity index (χ1) is 8.77. The molecule has 1 N–H and O–H groups in total. The van der Waals surface area contributed by atoms with Crippen molar-refractivity contribution in [3.8, 4) is 0 Å². The number of hydrogen-bond donors (Lipinski definition) is 1. The van der Waals surface area contributed by atoms with Crippen LogP contribution in [-0.2, 0) is 4.79 Å². The van der Waals surface area contributed by atoms with Gasteiger partial charge in [-0.1, -0.05) is 36.7 Å². The van der Waals surface area contributed by atoms with Gasteiger partial charge in [0, 0.05) is 5.54 Å². The molecular weight excluding hydrogens is 302 g/mol. The smallest absolute Gasteiger partial charge is 0.234 e. The number of hydrogen-bond acceptors (Lipinski definition) is 1. The van der Waals surface area contributed by atoms with Gasteiger partial charge < -0.3 is 5.32 Å². The summed E-state index contributed by atoms with van der Waals surface area (Å²) >= 11 is 3.59. The van der Waals surface area contributed by atoms with E-state index in [0.29, 0.717) is 0 Å². The summed E-state index contributed by atoms with van der Waals surface area (Å²) in [6, 6.07) is 0. The Morgan fingerprint density at radius 2 is 1.53 bits per heavy atom. The summed E-state index contributed by atoms with van der Waals surface area (Å²) in [4.78, 5) is 12.4. The Balaban J connectivity index is 1.71. The average molecular weight is 328 g/mol. The molecule has 4 bridgehead atoms. The van der Waals surface area contributed by atoms with E-state index < -0.39 is 0 Å². The summed E-state index contributed by atoms with van der Waals surface area (Å²) in [6.45, 7) is 6.35. The van der Waals surface area contributed by atoms with Gasteiger partial charge in [-0.3, -0.25) is 4.79 Å². The van der Waals surface area contributed by atoms with Gasteiger partial charge in [-0.15, -0.1) is 0 Å². The zero-order valence-corrected chi connectivity index (χ0v) is 13.9. The third kappa shape index (κ3) is 2.59. The van der Waals surface area contributed by atoms with Gasteiger partial charge in [0.2, 0.25) is 5.91 Å². The van der Waals surface area contributed by atoms with Crippen molar-refractivity contribution in [2.75, 3.05) is 0 Å². The average Bonchev–Trinajstić information content (AvgIpc) is 2.23. The highest BCUT2D eigenvalue weighted by molar-refractivity contribution is 9.10. The van der Waals surface area contributed by atoms with Crippen molar-refractivity contribution in [3.05, 3.63) is 0 Å². The Morgan fingerprint density at radius 1 is 1.11 bits per heavy atom. The van der Waals surface area contributed by atoms with Crippen LogP contribution in [0.3, 0.4) is 0 Å². The van der Waals surface area contributed by atoms with Crippen LogP contribution in [0.15, 0.2) is 0 Å². The second-order valence-corrected chi connectivity index (χ2v) is 9.33. The number of halogens is 1. The van der Waals surface area contributed by atoms with Crippen LogP contribution < -0.4 is 5.32 Å². The fourth-order valence-electron chi connectivity index (χ4n) is 4.98. The lowest BCUT2D eigenvalue weighted by Crippen LogP contribution is -2.61. The normalized spacial score (nSPS) is 42.2. The minimum absolute atomic E-state index is 0.0215. The van der Waals surface area contributed by atoms with Gasteiger partial charge >= 0.3 is 0 Å². The topological polar surface area (TPSA) is 29.1 Å². The van der Waals surface area contributed by atoms with Crippen molar-refractivity contribution < 1.29 is 4.79 Å². The van der Waals surface area contributed by atoms with E-state index in [0.717, 1.165) is 17.8 Å². The zero-order chi connectivity index (χ0) is 13.8. The van der Waals surface area contributed by atoms with E-state index in [2.05, 4.69) is 42.0 Å². The lowest BCUT2D eigenvalue weighted by atomic mass is 9.53. The molecular formula is C16H26BrNO. The standard InChI is InChI=1S/C16H26BrNO/c1-15(2,3)13(17)14(19)18-16-7-10-4-11(8-16)6-12(5-10)9-16/h10-13H,4-9H2,1-3H3,(H,18,19)/t10?,11?,12?,13-,16?/m0/s1. The molecule has 0 heterocycles. The van der Waals surface area contributed by atoms with Crippen LogP contribution in [0.5, 0.6) is 0 Å². The Labute approximate surface area is 125 Å². The number of carbonyl (C=O) groups is 1. The Bertz CT molecular complexity index is 349. The number of alkyl halides is 1. The first kappa shape index (κ1) is 13.9. The molecule has 108 valence electrons. The van der Waals surface area contributed by atoms with E-state index in [1.807, 2.05) is 0 Å². The molecule has 0 aromatic carbocycles. The monoisotopic (exact) mass is 327 g/mol. The fourth-order valence-corrected chi connectivity index (χ4v) is 5.10. The molecule has 0 radical (unpaired) electrons. The summed E-state index contributed by atoms with van der Waals surface area (Å²) < 4.78 is 0. The van der Waals surface area contributed by atoms with Crippen LogP contribution >= 0.6 is 15.9 Å². The Hall–Kier alpha value is -0.0500. The molecule has 3 heteroatoms. The fraction of sp³-hybridized carbons (Fsp3) is 0.938. The number of rotatable bonds is 2. The van der Waals surface area contributed by atoms with Crippen molar-refractivity contribution in [1.82, 2.24) is 5.32 Å². The van der Waals surface area contributed by atoms with Gasteiger partial charge in [0.15, 0.2) is 0 Å². The molecule has 1 atom stereocenters. The summed E-state index contributed by atoms with van der Waals surface area (Å²) in [5.74, 6) is 2.86. The van der Waals surface area contributed by atoms with Gasteiger partial charge in [-0.05, 0) is 61.7 Å². The Kier molecular flexibility index (Phi) is 3.28. The van der Waals surface area contributed by atoms with Crippen LogP contribution in [0, 0.1) is 23.2 Å². The maximum absolute atomic E-state index is 12.5. The van der Waals surface area contributed by atoms with Crippen LogP contribution in [0.2, 0.25) is 0 Å². The van der Waals surface area contributed by atoms with E-state index in [9.17, 15) is 4.79 Å². The van der Waals surface area contributed by atoms with Crippen LogP contribution in [0.1, 0.15) is 59.3 Å². The highest BCUT2D eigenvalue weighted by Gasteiger charge is 2.52. The lowest BCUT2D eigenvalue weighted by molar-refractivity contribution is -0.127. The van der Waals surface area contributed by atoms with Crippen LogP contribution in [0.25, 0.3) is 0 Å². The summed E-state index contributed by atoms with van der Waals surface area (Å²) in [5.41, 5.74) is 0.121. The molecule has 4 saturated carbocycles. The van der Waals surface area contributed by atoms with Gasteiger partial charge in [0.1, 0.15) is 0 Å². The molecule has 2 nitrogen and oxygen atoms in total. The molecule has 19 heavy (non-hydrogen) atoms. The summed E-state index contributed by atoms with van der Waals surface area (Å²) in [7, 11) is 0. The quantitative estimate of drug-likeness (QED) is 0.766. The molecule has 1 amide bonds. The molecule has 4 fully saturated rings. The second-order valence-electron chi connectivity index (χ2n) is 8.42. The van der Waals surface area contributed by atoms with Crippen molar-refractivity contribution in [3.63, 3.8) is 0 Å². The van der Waals surface area contributed by atoms with Gasteiger partial charge in [-0.25, -0.2) is 0 Å². The molecule has 0 spiro atoms. The maximum atomic E-state index is 12.5. The molecule has 0 saturated heterocycles. The predicted octanol–water partition coefficient (Wildman–Crippen LogP) is 3.88. The third-order valence-corrected chi connectivity index (χ3v) is 7.21. The van der Waals surface area contributed by atoms with Crippen LogP contribution in [0.4, 0.5) is 0 Å². The third-order valence-electron chi connectivity index (χ3n) is 5.42. The first-order valence-corrected chi connectivity index (χ1v) is 8.65. The largest absolute Gasteiger partial charge is 0.350 e. The molecule has 0 aromatic rings. The first-order valence-electron chi connectivity index (χ1n) is 7.73. The molecule has 4 aliphatic carbocycles. The number of nitrogens with one attached hydrogen (secondary N) is 1. The molecule has 4 aliphatic rings. The molecule has 0 unspecified atom stereocenters. The van der Waals surface area contributed by atoms with E-state index in [-0.39, 0.29) is 21.7 Å². The molecule has 0 aromatic heterocycles. The van der Waals surface area contributed by atoms with Gasteiger partial charge in [0.25, 0.3) is 0 Å². The minimum Gasteiger partial charge on any atom is -0.350 e. The van der Waals surface area contributed by atoms with E-state index >= 15 is 0 Å². The highest BCUT2D eigenvalue weighted by Crippen LogP contribution is 2.55. The number of carbonyl (C=O) groups excluding carboxylic acids is 1. The van der Waals surface area contributed by atoms with Crippen molar-refractivity contribution >= 4 is 21.8 Å². The van der Waals surface area contributed by atoms with E-state index in [1.165, 1.54) is 38.5 Å². The lowest BCUT2D eigenvalue weighted by Gasteiger charge is -2.57. The predicted molar refractivity (Wildman–Crippen MR) is 81.2 cm³/mol. The molecule has 0 aliphatic heterocycles. The molecule has 4 rings (SSSR count). The van der Waals surface area contributed by atoms with Crippen molar-refractivity contribution in [1.29, 1.82) is 0 Å². The SMILES string of the molecule is CC(C)(C)[C@@H](Br)C(=O)NC12CC3CC(CC(C3)C1)C2. The summed E-state index contributed by atoms with van der Waals surface area (Å²) in [6.07, 6.45) is 7.96. The highest BCUT2D eigenvalue weighted by atomic mass is 79.9. The van der Waals surface area contributed by atoms with Crippen molar-refractivity contribution in [2.24, 2.45) is 23.2 Å². The zero-order valence-electron chi connectivity index (χ0n) is 12.3. The van der Waals surface area contributed by atoms with E-state index in [4.69, 9.17) is 0 Å². The second kappa shape index (κ2) is 4.47. The maximum Gasteiger partial charge on any atom is 0.234 e. The number of amides is 1. The summed E-state index contributed by atoms with van der Waals surface area (Å²) in [5, 5.41) is 3.45. The Morgan fingerprint density at radius 3 is 1.89 bits per heavy atom. The van der Waals surface area contributed by atoms with Crippen LogP contribution in [-0.4, -0.2) is 16.3 Å². The van der Waals surface area contributed by atoms with Crippen molar-refractivity contribution in [2.45, 2.75) is 69.7 Å². The van der Waals surface area contributed by atoms with Gasteiger partial charge in [0.05, 0.1) is 4.83 Å².